The van der Waals surface area contributed by atoms with E-state index < -0.39 is 6.04 Å². The van der Waals surface area contributed by atoms with Crippen molar-refractivity contribution in [2.24, 2.45) is 0 Å². The van der Waals surface area contributed by atoms with Gasteiger partial charge in [0.15, 0.2) is 0 Å². The summed E-state index contributed by atoms with van der Waals surface area (Å²) >= 11 is 0. The van der Waals surface area contributed by atoms with Crippen LogP contribution in [0.1, 0.15) is 43.5 Å². The van der Waals surface area contributed by atoms with Gasteiger partial charge >= 0.3 is 0 Å². The van der Waals surface area contributed by atoms with Gasteiger partial charge in [0.1, 0.15) is 17.3 Å². The summed E-state index contributed by atoms with van der Waals surface area (Å²) in [7, 11) is 1.57. The highest BCUT2D eigenvalue weighted by Crippen LogP contribution is 2.29. The van der Waals surface area contributed by atoms with Crippen molar-refractivity contribution < 1.29 is 13.9 Å². The molecule has 0 N–H and O–H groups in total. The fourth-order valence-electron chi connectivity index (χ4n) is 3.99. The van der Waals surface area contributed by atoms with E-state index in [1.807, 2.05) is 63.2 Å². The van der Waals surface area contributed by atoms with Crippen LogP contribution in [0.4, 0.5) is 0 Å². The molecule has 0 aliphatic carbocycles. The number of rotatable bonds is 7. The summed E-state index contributed by atoms with van der Waals surface area (Å²) in [5.41, 5.74) is 1.92. The smallest absolute Gasteiger partial charge is 0.266 e. The van der Waals surface area contributed by atoms with Gasteiger partial charge in [-0.15, -0.1) is 0 Å². The number of methoxy groups -OCH3 is 1. The van der Waals surface area contributed by atoms with Gasteiger partial charge in [0.25, 0.3) is 5.56 Å². The molecule has 4 aromatic rings. The molecule has 1 atom stereocenters. The Kier molecular flexibility index (Phi) is 6.31. The van der Waals surface area contributed by atoms with Crippen LogP contribution >= 0.6 is 0 Å². The molecule has 0 saturated carbocycles. The molecule has 1 amide bonds. The van der Waals surface area contributed by atoms with Crippen LogP contribution in [0, 0.1) is 6.92 Å². The standard InChI is InChI=1S/C26H27N3O4/c1-5-24(30)28(16-19-9-8-14-33-19)18(3)25-27-21-11-7-6-10-20(21)26(31)29(25)22-15-17(2)12-13-23(22)32-4/h6-15,18H,5,16H2,1-4H3. The average molecular weight is 446 g/mol. The maximum Gasteiger partial charge on any atom is 0.266 e. The summed E-state index contributed by atoms with van der Waals surface area (Å²) in [5, 5.41) is 0.497. The molecule has 0 radical (unpaired) electrons. The maximum absolute atomic E-state index is 13.8. The van der Waals surface area contributed by atoms with Crippen molar-refractivity contribution >= 4 is 16.8 Å². The molecular weight excluding hydrogens is 418 g/mol. The number of hydrogen-bond acceptors (Lipinski definition) is 5. The molecule has 0 bridgehead atoms. The minimum absolute atomic E-state index is 0.0657. The Bertz CT molecular complexity index is 1340. The van der Waals surface area contributed by atoms with E-state index in [9.17, 15) is 9.59 Å². The predicted molar refractivity (Wildman–Crippen MR) is 127 cm³/mol. The van der Waals surface area contributed by atoms with Crippen LogP contribution < -0.4 is 10.3 Å². The van der Waals surface area contributed by atoms with Crippen LogP contribution in [0.2, 0.25) is 0 Å². The highest BCUT2D eigenvalue weighted by molar-refractivity contribution is 5.79. The third-order valence-electron chi connectivity index (χ3n) is 5.75. The summed E-state index contributed by atoms with van der Waals surface area (Å²) in [6.07, 6.45) is 1.90. The fourth-order valence-corrected chi connectivity index (χ4v) is 3.99. The van der Waals surface area contributed by atoms with E-state index in [4.69, 9.17) is 14.1 Å². The van der Waals surface area contributed by atoms with Crippen LogP contribution in [0.5, 0.6) is 5.75 Å². The maximum atomic E-state index is 13.8. The lowest BCUT2D eigenvalue weighted by Gasteiger charge is -2.30. The van der Waals surface area contributed by atoms with E-state index in [1.165, 1.54) is 0 Å². The second-order valence-corrected chi connectivity index (χ2v) is 7.93. The number of aryl methyl sites for hydroxylation is 1. The summed E-state index contributed by atoms with van der Waals surface area (Å²) in [4.78, 5) is 33.3. The lowest BCUT2D eigenvalue weighted by molar-refractivity contribution is -0.134. The number of furan rings is 1. The number of para-hydroxylation sites is 1. The van der Waals surface area contributed by atoms with Gasteiger partial charge < -0.3 is 14.1 Å². The van der Waals surface area contributed by atoms with E-state index in [1.54, 1.807) is 35.0 Å². The van der Waals surface area contributed by atoms with E-state index in [0.717, 1.165) is 5.56 Å². The van der Waals surface area contributed by atoms with E-state index in [2.05, 4.69) is 0 Å². The Morgan fingerprint density at radius 2 is 1.97 bits per heavy atom. The largest absolute Gasteiger partial charge is 0.495 e. The Morgan fingerprint density at radius 3 is 2.67 bits per heavy atom. The molecule has 7 heteroatoms. The second-order valence-electron chi connectivity index (χ2n) is 7.93. The minimum Gasteiger partial charge on any atom is -0.495 e. The third-order valence-corrected chi connectivity index (χ3v) is 5.75. The molecule has 0 fully saturated rings. The second kappa shape index (κ2) is 9.32. The molecule has 1 unspecified atom stereocenters. The van der Waals surface area contributed by atoms with Gasteiger partial charge in [0, 0.05) is 6.42 Å². The quantitative estimate of drug-likeness (QED) is 0.409. The number of aromatic nitrogens is 2. The Morgan fingerprint density at radius 1 is 1.18 bits per heavy atom. The molecular formula is C26H27N3O4. The first-order valence-electron chi connectivity index (χ1n) is 10.9. The minimum atomic E-state index is -0.509. The SMILES string of the molecule is CCC(=O)N(Cc1ccco1)C(C)c1nc2ccccc2c(=O)n1-c1cc(C)ccc1OC. The van der Waals surface area contributed by atoms with Crippen LogP contribution in [-0.4, -0.2) is 27.5 Å². The van der Waals surface area contributed by atoms with E-state index in [-0.39, 0.29) is 18.0 Å². The van der Waals surface area contributed by atoms with Crippen LogP contribution in [0.25, 0.3) is 16.6 Å². The summed E-state index contributed by atoms with van der Waals surface area (Å²) in [6, 6.07) is 16.0. The first kappa shape index (κ1) is 22.3. The first-order valence-corrected chi connectivity index (χ1v) is 10.9. The van der Waals surface area contributed by atoms with Crippen molar-refractivity contribution in [3.05, 3.63) is 88.4 Å². The van der Waals surface area contributed by atoms with Crippen molar-refractivity contribution in [1.29, 1.82) is 0 Å². The van der Waals surface area contributed by atoms with Gasteiger partial charge in [-0.3, -0.25) is 14.2 Å². The van der Waals surface area contributed by atoms with Crippen molar-refractivity contribution in [2.45, 2.75) is 39.8 Å². The number of amides is 1. The lowest BCUT2D eigenvalue weighted by Crippen LogP contribution is -2.36. The van der Waals surface area contributed by atoms with Gasteiger partial charge in [-0.1, -0.05) is 25.1 Å². The molecule has 7 nitrogen and oxygen atoms in total. The average Bonchev–Trinajstić information content (AvgIpc) is 3.35. The van der Waals surface area contributed by atoms with Gasteiger partial charge in [0.2, 0.25) is 5.91 Å². The van der Waals surface area contributed by atoms with Gasteiger partial charge in [0.05, 0.1) is 42.5 Å². The molecule has 4 rings (SSSR count). The van der Waals surface area contributed by atoms with Crippen molar-refractivity contribution in [3.8, 4) is 11.4 Å². The zero-order chi connectivity index (χ0) is 23.5. The lowest BCUT2D eigenvalue weighted by atomic mass is 10.1. The number of fused-ring (bicyclic) bond motifs is 1. The van der Waals surface area contributed by atoms with Crippen molar-refractivity contribution in [2.75, 3.05) is 7.11 Å². The van der Waals surface area contributed by atoms with E-state index in [0.29, 0.717) is 40.3 Å². The van der Waals surface area contributed by atoms with Gasteiger partial charge in [-0.05, 0) is 55.8 Å². The predicted octanol–water partition coefficient (Wildman–Crippen LogP) is 4.80. The number of ether oxygens (including phenoxy) is 1. The number of nitrogens with zero attached hydrogens (tertiary/aromatic N) is 3. The molecule has 33 heavy (non-hydrogen) atoms. The number of carbonyl (C=O) groups excluding carboxylic acids is 1. The Balaban J connectivity index is 1.98. The molecule has 170 valence electrons. The van der Waals surface area contributed by atoms with Gasteiger partial charge in [-0.2, -0.15) is 0 Å². The molecule has 2 aromatic heterocycles. The fraction of sp³-hybridized carbons (Fsp3) is 0.269. The Labute approximate surface area is 192 Å². The van der Waals surface area contributed by atoms with Crippen LogP contribution in [-0.2, 0) is 11.3 Å². The third kappa shape index (κ3) is 4.26. The molecule has 2 heterocycles. The van der Waals surface area contributed by atoms with Crippen molar-refractivity contribution in [3.63, 3.8) is 0 Å². The Hall–Kier alpha value is -3.87. The van der Waals surface area contributed by atoms with Crippen molar-refractivity contribution in [1.82, 2.24) is 14.5 Å². The summed E-state index contributed by atoms with van der Waals surface area (Å²) in [6.45, 7) is 5.92. The number of benzene rings is 2. The highest BCUT2D eigenvalue weighted by Gasteiger charge is 2.27. The molecule has 2 aromatic carbocycles. The first-order chi connectivity index (χ1) is 15.9. The molecule has 0 spiro atoms. The molecule has 0 aliphatic rings. The highest BCUT2D eigenvalue weighted by atomic mass is 16.5. The number of hydrogen-bond donors (Lipinski definition) is 0. The number of carbonyl (C=O) groups is 1. The van der Waals surface area contributed by atoms with E-state index >= 15 is 0 Å². The topological polar surface area (TPSA) is 77.6 Å². The summed E-state index contributed by atoms with van der Waals surface area (Å²) < 4.78 is 12.7. The normalized spacial score (nSPS) is 12.0. The monoisotopic (exact) mass is 445 g/mol. The van der Waals surface area contributed by atoms with Crippen LogP contribution in [0.3, 0.4) is 0 Å². The zero-order valence-electron chi connectivity index (χ0n) is 19.2. The molecule has 0 saturated heterocycles. The van der Waals surface area contributed by atoms with Gasteiger partial charge in [-0.25, -0.2) is 4.98 Å². The zero-order valence-corrected chi connectivity index (χ0v) is 19.2. The molecule has 0 aliphatic heterocycles. The summed E-state index contributed by atoms with van der Waals surface area (Å²) in [5.74, 6) is 1.60. The van der Waals surface area contributed by atoms with Crippen LogP contribution in [0.15, 0.2) is 70.1 Å².